The first-order valence-electron chi connectivity index (χ1n) is 7.20. The molecule has 0 N–H and O–H groups in total. The predicted molar refractivity (Wildman–Crippen MR) is 71.4 cm³/mol. The molecule has 1 atom stereocenters. The minimum Gasteiger partial charge on any atom is -0.464 e. The van der Waals surface area contributed by atoms with Crippen LogP contribution in [-0.2, 0) is 33.3 Å². The molecule has 0 aromatic rings. The van der Waals surface area contributed by atoms with Crippen molar-refractivity contribution < 1.29 is 33.3 Å². The van der Waals surface area contributed by atoms with Crippen molar-refractivity contribution in [1.29, 1.82) is 0 Å². The van der Waals surface area contributed by atoms with Crippen LogP contribution >= 0.6 is 0 Å². The summed E-state index contributed by atoms with van der Waals surface area (Å²) in [6.45, 7) is 5.33. The highest BCUT2D eigenvalue weighted by Crippen LogP contribution is 2.32. The molecule has 1 fully saturated rings. The van der Waals surface area contributed by atoms with Gasteiger partial charge in [0.15, 0.2) is 6.10 Å². The van der Waals surface area contributed by atoms with E-state index in [0.717, 1.165) is 0 Å². The lowest BCUT2D eigenvalue weighted by atomic mass is 9.91. The van der Waals surface area contributed by atoms with Crippen molar-refractivity contribution in [3.63, 3.8) is 0 Å². The molecule has 0 amide bonds. The molecular formula is C14H22O7. The first-order chi connectivity index (χ1) is 10.0. The highest BCUT2D eigenvalue weighted by Gasteiger charge is 2.54. The van der Waals surface area contributed by atoms with Crippen molar-refractivity contribution in [2.75, 3.05) is 19.8 Å². The van der Waals surface area contributed by atoms with Crippen LogP contribution in [0.2, 0.25) is 0 Å². The van der Waals surface area contributed by atoms with Gasteiger partial charge in [0.05, 0.1) is 19.8 Å². The van der Waals surface area contributed by atoms with Gasteiger partial charge in [0.2, 0.25) is 0 Å². The SMILES string of the molecule is CCOC(=O)C1CCCC(C(=O)OCC)(C(=O)OCC)O1. The first kappa shape index (κ1) is 17.4. The van der Waals surface area contributed by atoms with E-state index in [4.69, 9.17) is 18.9 Å². The minimum absolute atomic E-state index is 0.105. The van der Waals surface area contributed by atoms with Crippen molar-refractivity contribution >= 4 is 17.9 Å². The highest BCUT2D eigenvalue weighted by atomic mass is 16.6. The molecule has 7 nitrogen and oxygen atoms in total. The summed E-state index contributed by atoms with van der Waals surface area (Å²) in [7, 11) is 0. The Morgan fingerprint density at radius 2 is 1.52 bits per heavy atom. The molecule has 1 aliphatic rings. The zero-order valence-corrected chi connectivity index (χ0v) is 12.7. The number of ether oxygens (including phenoxy) is 4. The number of rotatable bonds is 6. The second-order valence-electron chi connectivity index (χ2n) is 4.52. The zero-order valence-electron chi connectivity index (χ0n) is 12.7. The van der Waals surface area contributed by atoms with Crippen LogP contribution in [0.4, 0.5) is 0 Å². The van der Waals surface area contributed by atoms with E-state index in [-0.39, 0.29) is 26.2 Å². The second kappa shape index (κ2) is 7.97. The molecule has 1 aliphatic heterocycles. The van der Waals surface area contributed by atoms with Crippen molar-refractivity contribution in [2.45, 2.75) is 51.7 Å². The summed E-state index contributed by atoms with van der Waals surface area (Å²) in [6, 6.07) is 0. The Labute approximate surface area is 123 Å². The Hall–Kier alpha value is -1.63. The third-order valence-electron chi connectivity index (χ3n) is 3.10. The molecule has 0 aromatic carbocycles. The van der Waals surface area contributed by atoms with Gasteiger partial charge in [-0.2, -0.15) is 0 Å². The summed E-state index contributed by atoms with van der Waals surface area (Å²) >= 11 is 0. The molecule has 0 aliphatic carbocycles. The van der Waals surface area contributed by atoms with Gasteiger partial charge in [-0.1, -0.05) is 0 Å². The van der Waals surface area contributed by atoms with E-state index in [1.165, 1.54) is 0 Å². The molecule has 0 bridgehead atoms. The molecule has 1 heterocycles. The van der Waals surface area contributed by atoms with E-state index in [9.17, 15) is 14.4 Å². The predicted octanol–water partition coefficient (Wildman–Crippen LogP) is 0.984. The van der Waals surface area contributed by atoms with E-state index in [2.05, 4.69) is 0 Å². The quantitative estimate of drug-likeness (QED) is 0.410. The van der Waals surface area contributed by atoms with Gasteiger partial charge in [-0.15, -0.1) is 0 Å². The van der Waals surface area contributed by atoms with Gasteiger partial charge in [0.25, 0.3) is 5.60 Å². The Morgan fingerprint density at radius 1 is 1.00 bits per heavy atom. The van der Waals surface area contributed by atoms with Crippen LogP contribution in [0.3, 0.4) is 0 Å². The second-order valence-corrected chi connectivity index (χ2v) is 4.52. The van der Waals surface area contributed by atoms with Crippen LogP contribution in [0.5, 0.6) is 0 Å². The fourth-order valence-corrected chi connectivity index (χ4v) is 2.18. The van der Waals surface area contributed by atoms with Gasteiger partial charge >= 0.3 is 17.9 Å². The summed E-state index contributed by atoms with van der Waals surface area (Å²) < 4.78 is 20.2. The van der Waals surface area contributed by atoms with Gasteiger partial charge in [0, 0.05) is 0 Å². The van der Waals surface area contributed by atoms with Crippen molar-refractivity contribution in [3.8, 4) is 0 Å². The molecule has 0 spiro atoms. The maximum absolute atomic E-state index is 12.2. The van der Waals surface area contributed by atoms with Gasteiger partial charge in [-0.3, -0.25) is 0 Å². The van der Waals surface area contributed by atoms with Gasteiger partial charge < -0.3 is 18.9 Å². The maximum Gasteiger partial charge on any atom is 0.350 e. The molecule has 21 heavy (non-hydrogen) atoms. The third kappa shape index (κ3) is 3.93. The fourth-order valence-electron chi connectivity index (χ4n) is 2.18. The monoisotopic (exact) mass is 302 g/mol. The lowest BCUT2D eigenvalue weighted by Crippen LogP contribution is -2.56. The largest absolute Gasteiger partial charge is 0.464 e. The smallest absolute Gasteiger partial charge is 0.350 e. The lowest BCUT2D eigenvalue weighted by Gasteiger charge is -2.35. The first-order valence-corrected chi connectivity index (χ1v) is 7.20. The van der Waals surface area contributed by atoms with Gasteiger partial charge in [-0.25, -0.2) is 14.4 Å². The van der Waals surface area contributed by atoms with Crippen LogP contribution in [-0.4, -0.2) is 49.4 Å². The number of carbonyl (C=O) groups excluding carboxylic acids is 3. The van der Waals surface area contributed by atoms with Gasteiger partial charge in [0.1, 0.15) is 0 Å². The molecule has 1 saturated heterocycles. The van der Waals surface area contributed by atoms with E-state index in [1.54, 1.807) is 20.8 Å². The fraction of sp³-hybridized carbons (Fsp3) is 0.786. The zero-order chi connectivity index (χ0) is 15.9. The summed E-state index contributed by atoms with van der Waals surface area (Å²) in [5.41, 5.74) is -1.87. The van der Waals surface area contributed by atoms with Crippen LogP contribution < -0.4 is 0 Å². The molecule has 0 saturated carbocycles. The standard InChI is InChI=1S/C14H22O7/c1-4-18-11(15)10-8-7-9-14(21-10,12(16)19-5-2)13(17)20-6-3/h10H,4-9H2,1-3H3. The molecule has 1 unspecified atom stereocenters. The topological polar surface area (TPSA) is 88.1 Å². The average molecular weight is 302 g/mol. The van der Waals surface area contributed by atoms with Crippen molar-refractivity contribution in [3.05, 3.63) is 0 Å². The minimum atomic E-state index is -1.87. The summed E-state index contributed by atoms with van der Waals surface area (Å²) in [6.07, 6.45) is 0.00802. The summed E-state index contributed by atoms with van der Waals surface area (Å²) in [5, 5.41) is 0. The molecule has 0 aromatic heterocycles. The normalized spacial score (nSPS) is 20.4. The van der Waals surface area contributed by atoms with Gasteiger partial charge in [-0.05, 0) is 40.0 Å². The van der Waals surface area contributed by atoms with Crippen LogP contribution in [0.25, 0.3) is 0 Å². The van der Waals surface area contributed by atoms with E-state index in [1.807, 2.05) is 0 Å². The van der Waals surface area contributed by atoms with Crippen LogP contribution in [0, 0.1) is 0 Å². The number of hydrogen-bond acceptors (Lipinski definition) is 7. The third-order valence-corrected chi connectivity index (χ3v) is 3.10. The lowest BCUT2D eigenvalue weighted by molar-refractivity contribution is -0.210. The van der Waals surface area contributed by atoms with E-state index < -0.39 is 29.6 Å². The van der Waals surface area contributed by atoms with E-state index in [0.29, 0.717) is 12.8 Å². The van der Waals surface area contributed by atoms with Crippen molar-refractivity contribution in [1.82, 2.24) is 0 Å². The maximum atomic E-state index is 12.2. The number of carbonyl (C=O) groups is 3. The molecule has 1 rings (SSSR count). The Morgan fingerprint density at radius 3 is 2.00 bits per heavy atom. The van der Waals surface area contributed by atoms with Crippen LogP contribution in [0.1, 0.15) is 40.0 Å². The number of esters is 3. The summed E-state index contributed by atoms with van der Waals surface area (Å²) in [5.74, 6) is -2.23. The van der Waals surface area contributed by atoms with Crippen molar-refractivity contribution in [2.24, 2.45) is 0 Å². The Kier molecular flexibility index (Phi) is 6.61. The Bertz CT molecular complexity index is 373. The van der Waals surface area contributed by atoms with E-state index >= 15 is 0 Å². The molecule has 0 radical (unpaired) electrons. The summed E-state index contributed by atoms with van der Waals surface area (Å²) in [4.78, 5) is 36.1. The molecule has 7 heteroatoms. The van der Waals surface area contributed by atoms with Crippen LogP contribution in [0.15, 0.2) is 0 Å². The number of hydrogen-bond donors (Lipinski definition) is 0. The Balaban J connectivity index is 2.97. The molecule has 120 valence electrons. The molecular weight excluding hydrogens is 280 g/mol. The highest BCUT2D eigenvalue weighted by molar-refractivity contribution is 6.04. The average Bonchev–Trinajstić information content (AvgIpc) is 2.48.